The Morgan fingerprint density at radius 3 is 2.35 bits per heavy atom. The van der Waals surface area contributed by atoms with Crippen LogP contribution in [-0.4, -0.2) is 11.4 Å². The number of amides is 1. The molecule has 1 N–H and O–H groups in total. The van der Waals surface area contributed by atoms with Crippen molar-refractivity contribution in [2.45, 2.75) is 45.3 Å². The van der Waals surface area contributed by atoms with Gasteiger partial charge in [0.05, 0.1) is 5.56 Å². The van der Waals surface area contributed by atoms with Gasteiger partial charge in [-0.15, -0.1) is 0 Å². The number of rotatable bonds is 4. The lowest BCUT2D eigenvalue weighted by Gasteiger charge is -2.26. The van der Waals surface area contributed by atoms with Crippen LogP contribution >= 0.6 is 0 Å². The first-order chi connectivity index (χ1) is 9.07. The highest BCUT2D eigenvalue weighted by Crippen LogP contribution is 2.32. The normalized spacial score (nSPS) is 12.3. The standard InChI is InChI=1S/C14H17F4NO/c1-4-7-13(2,3)19-12(20)9-5-6-11(15)10(8-9)14(16,17)18/h5-6,8H,4,7H2,1-3H3,(H,19,20). The van der Waals surface area contributed by atoms with E-state index >= 15 is 0 Å². The van der Waals surface area contributed by atoms with E-state index in [1.807, 2.05) is 6.92 Å². The SMILES string of the molecule is CCCC(C)(C)NC(=O)c1ccc(F)c(C(F)(F)F)c1. The molecule has 0 heterocycles. The molecule has 2 nitrogen and oxygen atoms in total. The van der Waals surface area contributed by atoms with Gasteiger partial charge in [-0.25, -0.2) is 4.39 Å². The Hall–Kier alpha value is -1.59. The van der Waals surface area contributed by atoms with Crippen molar-refractivity contribution in [1.29, 1.82) is 0 Å². The molecule has 0 aliphatic heterocycles. The monoisotopic (exact) mass is 291 g/mol. The zero-order chi connectivity index (χ0) is 15.6. The van der Waals surface area contributed by atoms with Crippen LogP contribution in [0.2, 0.25) is 0 Å². The molecule has 0 aromatic heterocycles. The highest BCUT2D eigenvalue weighted by molar-refractivity contribution is 5.94. The topological polar surface area (TPSA) is 29.1 Å². The minimum Gasteiger partial charge on any atom is -0.347 e. The lowest BCUT2D eigenvalue weighted by molar-refractivity contribution is -0.140. The van der Waals surface area contributed by atoms with Crippen molar-refractivity contribution in [3.05, 3.63) is 35.1 Å². The summed E-state index contributed by atoms with van der Waals surface area (Å²) in [5.41, 5.74) is -2.17. The van der Waals surface area contributed by atoms with E-state index in [4.69, 9.17) is 0 Å². The fourth-order valence-electron chi connectivity index (χ4n) is 1.95. The first-order valence-corrected chi connectivity index (χ1v) is 6.26. The van der Waals surface area contributed by atoms with Crippen molar-refractivity contribution in [1.82, 2.24) is 5.32 Å². The molecule has 0 saturated carbocycles. The fraction of sp³-hybridized carbons (Fsp3) is 0.500. The van der Waals surface area contributed by atoms with Gasteiger partial charge in [-0.05, 0) is 38.5 Å². The lowest BCUT2D eigenvalue weighted by Crippen LogP contribution is -2.43. The maximum absolute atomic E-state index is 13.1. The van der Waals surface area contributed by atoms with Crippen LogP contribution in [0.3, 0.4) is 0 Å². The van der Waals surface area contributed by atoms with Crippen molar-refractivity contribution < 1.29 is 22.4 Å². The van der Waals surface area contributed by atoms with E-state index < -0.39 is 29.0 Å². The van der Waals surface area contributed by atoms with Gasteiger partial charge in [-0.2, -0.15) is 13.2 Å². The van der Waals surface area contributed by atoms with Gasteiger partial charge in [-0.3, -0.25) is 4.79 Å². The molecule has 112 valence electrons. The van der Waals surface area contributed by atoms with Crippen LogP contribution in [0.5, 0.6) is 0 Å². The predicted octanol–water partition coefficient (Wildman–Crippen LogP) is 4.15. The molecular weight excluding hydrogens is 274 g/mol. The molecule has 0 bridgehead atoms. The van der Waals surface area contributed by atoms with Gasteiger partial charge in [0.25, 0.3) is 5.91 Å². The molecule has 1 aromatic rings. The summed E-state index contributed by atoms with van der Waals surface area (Å²) in [5, 5.41) is 2.64. The molecule has 1 amide bonds. The first-order valence-electron chi connectivity index (χ1n) is 6.26. The minimum absolute atomic E-state index is 0.206. The summed E-state index contributed by atoms with van der Waals surface area (Å²) in [6.45, 7) is 5.50. The zero-order valence-corrected chi connectivity index (χ0v) is 11.6. The van der Waals surface area contributed by atoms with Gasteiger partial charge in [0, 0.05) is 11.1 Å². The van der Waals surface area contributed by atoms with Crippen molar-refractivity contribution in [3.63, 3.8) is 0 Å². The van der Waals surface area contributed by atoms with Gasteiger partial charge in [-0.1, -0.05) is 13.3 Å². The Bertz CT molecular complexity index is 494. The predicted molar refractivity (Wildman–Crippen MR) is 67.9 cm³/mol. The van der Waals surface area contributed by atoms with E-state index in [1.165, 1.54) is 0 Å². The first kappa shape index (κ1) is 16.5. The summed E-state index contributed by atoms with van der Waals surface area (Å²) in [5.74, 6) is -2.03. The van der Waals surface area contributed by atoms with Gasteiger partial charge in [0.2, 0.25) is 0 Å². The minimum atomic E-state index is -4.82. The number of carbonyl (C=O) groups is 1. The molecule has 0 unspecified atom stereocenters. The highest BCUT2D eigenvalue weighted by atomic mass is 19.4. The summed E-state index contributed by atoms with van der Waals surface area (Å²) in [4.78, 5) is 11.9. The van der Waals surface area contributed by atoms with Crippen LogP contribution in [0.1, 0.15) is 49.5 Å². The molecule has 20 heavy (non-hydrogen) atoms. The molecule has 0 atom stereocenters. The number of hydrogen-bond acceptors (Lipinski definition) is 1. The number of halogens is 4. The van der Waals surface area contributed by atoms with Crippen LogP contribution in [0.4, 0.5) is 17.6 Å². The van der Waals surface area contributed by atoms with Crippen molar-refractivity contribution in [2.75, 3.05) is 0 Å². The second-order valence-corrected chi connectivity index (χ2v) is 5.28. The Kier molecular flexibility index (Phi) is 4.78. The number of carbonyl (C=O) groups excluding carboxylic acids is 1. The average molecular weight is 291 g/mol. The average Bonchev–Trinajstić information content (AvgIpc) is 2.26. The molecule has 0 saturated heterocycles. The largest absolute Gasteiger partial charge is 0.419 e. The van der Waals surface area contributed by atoms with Gasteiger partial charge < -0.3 is 5.32 Å². The summed E-state index contributed by atoms with van der Waals surface area (Å²) in [6.07, 6.45) is -3.31. The summed E-state index contributed by atoms with van der Waals surface area (Å²) in [6, 6.07) is 2.24. The number of nitrogens with one attached hydrogen (secondary N) is 1. The molecular formula is C14H17F4NO. The summed E-state index contributed by atoms with van der Waals surface area (Å²) >= 11 is 0. The third-order valence-electron chi connectivity index (χ3n) is 2.86. The number of benzene rings is 1. The second-order valence-electron chi connectivity index (χ2n) is 5.28. The molecule has 1 rings (SSSR count). The molecule has 1 aromatic carbocycles. The molecule has 0 aliphatic carbocycles. The Balaban J connectivity index is 3.01. The van der Waals surface area contributed by atoms with Crippen molar-refractivity contribution in [2.24, 2.45) is 0 Å². The zero-order valence-electron chi connectivity index (χ0n) is 11.6. The van der Waals surface area contributed by atoms with Gasteiger partial charge in [0.15, 0.2) is 0 Å². The van der Waals surface area contributed by atoms with E-state index in [2.05, 4.69) is 5.32 Å². The van der Waals surface area contributed by atoms with Gasteiger partial charge >= 0.3 is 6.18 Å². The Labute approximate surface area is 115 Å². The fourth-order valence-corrected chi connectivity index (χ4v) is 1.95. The smallest absolute Gasteiger partial charge is 0.347 e. The molecule has 0 radical (unpaired) electrons. The maximum atomic E-state index is 13.1. The second kappa shape index (κ2) is 5.81. The summed E-state index contributed by atoms with van der Waals surface area (Å²) in [7, 11) is 0. The molecule has 0 aliphatic rings. The third-order valence-corrected chi connectivity index (χ3v) is 2.86. The van der Waals surface area contributed by atoms with Crippen LogP contribution < -0.4 is 5.32 Å². The third kappa shape index (κ3) is 4.21. The van der Waals surface area contributed by atoms with Gasteiger partial charge in [0.1, 0.15) is 5.82 Å². The molecule has 0 spiro atoms. The van der Waals surface area contributed by atoms with E-state index in [0.717, 1.165) is 12.5 Å². The van der Waals surface area contributed by atoms with E-state index in [1.54, 1.807) is 13.8 Å². The van der Waals surface area contributed by atoms with Crippen LogP contribution in [-0.2, 0) is 6.18 Å². The maximum Gasteiger partial charge on any atom is 0.419 e. The van der Waals surface area contributed by atoms with Crippen molar-refractivity contribution >= 4 is 5.91 Å². The van der Waals surface area contributed by atoms with Crippen molar-refractivity contribution in [3.8, 4) is 0 Å². The van der Waals surface area contributed by atoms with Crippen LogP contribution in [0.15, 0.2) is 18.2 Å². The number of hydrogen-bond donors (Lipinski definition) is 1. The highest BCUT2D eigenvalue weighted by Gasteiger charge is 2.35. The lowest BCUT2D eigenvalue weighted by atomic mass is 9.98. The number of alkyl halides is 3. The van der Waals surface area contributed by atoms with Crippen LogP contribution in [0, 0.1) is 5.82 Å². The quantitative estimate of drug-likeness (QED) is 0.829. The van der Waals surface area contributed by atoms with Crippen LogP contribution in [0.25, 0.3) is 0 Å². The van der Waals surface area contributed by atoms with E-state index in [9.17, 15) is 22.4 Å². The molecule has 0 fully saturated rings. The van der Waals surface area contributed by atoms with E-state index in [-0.39, 0.29) is 5.56 Å². The van der Waals surface area contributed by atoms with E-state index in [0.29, 0.717) is 18.6 Å². The molecule has 6 heteroatoms. The Morgan fingerprint density at radius 1 is 1.25 bits per heavy atom. The summed E-state index contributed by atoms with van der Waals surface area (Å²) < 4.78 is 50.9. The Morgan fingerprint density at radius 2 is 1.85 bits per heavy atom.